The van der Waals surface area contributed by atoms with Gasteiger partial charge < -0.3 is 5.73 Å². The minimum atomic E-state index is 0.863. The van der Waals surface area contributed by atoms with Crippen LogP contribution in [0.25, 0.3) is 0 Å². The summed E-state index contributed by atoms with van der Waals surface area (Å²) in [5.74, 6) is 0. The first-order valence-electron chi connectivity index (χ1n) is 14.3. The molecule has 0 aromatic carbocycles. The van der Waals surface area contributed by atoms with Crippen molar-refractivity contribution in [3.05, 3.63) is 12.2 Å². The first-order valence-corrected chi connectivity index (χ1v) is 14.3. The van der Waals surface area contributed by atoms with Gasteiger partial charge in [-0.3, -0.25) is 0 Å². The summed E-state index contributed by atoms with van der Waals surface area (Å²) in [6.45, 7) is 3.16. The summed E-state index contributed by atoms with van der Waals surface area (Å²) in [6, 6.07) is 0. The first kappa shape index (κ1) is 29.7. The van der Waals surface area contributed by atoms with Gasteiger partial charge in [0.05, 0.1) is 0 Å². The molecule has 0 aliphatic carbocycles. The maximum absolute atomic E-state index is 5.52. The highest BCUT2D eigenvalue weighted by molar-refractivity contribution is 4.81. The van der Waals surface area contributed by atoms with E-state index in [-0.39, 0.29) is 0 Å². The molecule has 1 heteroatoms. The molecular weight excluding hydrogens is 362 g/mol. The van der Waals surface area contributed by atoms with Crippen molar-refractivity contribution in [1.82, 2.24) is 0 Å². The van der Waals surface area contributed by atoms with Crippen LogP contribution in [-0.2, 0) is 0 Å². The molecule has 0 aliphatic rings. The lowest BCUT2D eigenvalue weighted by molar-refractivity contribution is 0.527. The third-order valence-electron chi connectivity index (χ3n) is 6.47. The highest BCUT2D eigenvalue weighted by Gasteiger charge is 1.95. The lowest BCUT2D eigenvalue weighted by atomic mass is 10.0. The van der Waals surface area contributed by atoms with Gasteiger partial charge in [-0.15, -0.1) is 0 Å². The van der Waals surface area contributed by atoms with Gasteiger partial charge in [0.15, 0.2) is 0 Å². The van der Waals surface area contributed by atoms with E-state index in [1.165, 1.54) is 161 Å². The van der Waals surface area contributed by atoms with Gasteiger partial charge in [-0.2, -0.15) is 0 Å². The van der Waals surface area contributed by atoms with E-state index in [1.54, 1.807) is 0 Å². The van der Waals surface area contributed by atoms with Crippen LogP contribution in [0.15, 0.2) is 12.2 Å². The predicted molar refractivity (Wildman–Crippen MR) is 139 cm³/mol. The number of hydrogen-bond acceptors (Lipinski definition) is 1. The maximum Gasteiger partial charge on any atom is -0.00773 e. The van der Waals surface area contributed by atoms with Crippen LogP contribution < -0.4 is 5.73 Å². The SMILES string of the molecule is CCCCCCCCCCCCCCCCCCC/C=C/CCCCCCCCN. The molecule has 0 aliphatic heterocycles. The van der Waals surface area contributed by atoms with Crippen LogP contribution >= 0.6 is 0 Å². The summed E-state index contributed by atoms with van der Waals surface area (Å²) in [7, 11) is 0. The van der Waals surface area contributed by atoms with Crippen molar-refractivity contribution < 1.29 is 0 Å². The second-order valence-corrected chi connectivity index (χ2v) is 9.62. The molecule has 0 spiro atoms. The molecule has 0 heterocycles. The molecule has 0 saturated heterocycles. The molecule has 1 nitrogen and oxygen atoms in total. The molecule has 30 heavy (non-hydrogen) atoms. The monoisotopic (exact) mass is 421 g/mol. The molecule has 0 bridgehead atoms. The van der Waals surface area contributed by atoms with Gasteiger partial charge in [0, 0.05) is 0 Å². The Hall–Kier alpha value is -0.300. The molecule has 2 N–H and O–H groups in total. The fourth-order valence-corrected chi connectivity index (χ4v) is 4.34. The molecule has 0 aromatic rings. The number of unbranched alkanes of at least 4 members (excludes halogenated alkanes) is 23. The van der Waals surface area contributed by atoms with E-state index < -0.39 is 0 Å². The molecule has 0 fully saturated rings. The number of nitrogens with two attached hydrogens (primary N) is 1. The fourth-order valence-electron chi connectivity index (χ4n) is 4.34. The molecule has 0 atom stereocenters. The third-order valence-corrected chi connectivity index (χ3v) is 6.47. The van der Waals surface area contributed by atoms with Gasteiger partial charge in [-0.05, 0) is 38.6 Å². The van der Waals surface area contributed by atoms with Gasteiger partial charge >= 0.3 is 0 Å². The third kappa shape index (κ3) is 27.7. The fraction of sp³-hybridized carbons (Fsp3) is 0.931. The zero-order valence-electron chi connectivity index (χ0n) is 21.1. The van der Waals surface area contributed by atoms with Gasteiger partial charge in [-0.1, -0.05) is 147 Å². The molecule has 0 amide bonds. The zero-order valence-corrected chi connectivity index (χ0v) is 21.1. The number of allylic oxidation sites excluding steroid dienone is 2. The van der Waals surface area contributed by atoms with Crippen LogP contribution in [0, 0.1) is 0 Å². The highest BCUT2D eigenvalue weighted by atomic mass is 14.5. The zero-order chi connectivity index (χ0) is 21.8. The Morgan fingerprint density at radius 2 is 0.633 bits per heavy atom. The Morgan fingerprint density at radius 3 is 0.933 bits per heavy atom. The Kier molecular flexibility index (Phi) is 28.4. The Morgan fingerprint density at radius 1 is 0.367 bits per heavy atom. The van der Waals surface area contributed by atoms with Crippen molar-refractivity contribution in [2.45, 2.75) is 167 Å². The van der Waals surface area contributed by atoms with Crippen LogP contribution in [0.5, 0.6) is 0 Å². The van der Waals surface area contributed by atoms with E-state index in [4.69, 9.17) is 5.73 Å². The summed E-state index contributed by atoms with van der Waals surface area (Å²) in [4.78, 5) is 0. The second kappa shape index (κ2) is 28.7. The lowest BCUT2D eigenvalue weighted by Gasteiger charge is -2.03. The summed E-state index contributed by atoms with van der Waals surface area (Å²) in [5, 5.41) is 0. The normalized spacial score (nSPS) is 11.7. The molecule has 180 valence electrons. The predicted octanol–water partition coefficient (Wildman–Crippen LogP) is 10.3. The Labute approximate surface area is 192 Å². The summed E-state index contributed by atoms with van der Waals surface area (Å²) in [5.41, 5.74) is 5.52. The van der Waals surface area contributed by atoms with E-state index in [9.17, 15) is 0 Å². The van der Waals surface area contributed by atoms with Crippen LogP contribution in [0.1, 0.15) is 167 Å². The van der Waals surface area contributed by atoms with Crippen molar-refractivity contribution in [2.24, 2.45) is 5.73 Å². The van der Waals surface area contributed by atoms with Crippen LogP contribution in [0.3, 0.4) is 0 Å². The van der Waals surface area contributed by atoms with Crippen molar-refractivity contribution in [3.63, 3.8) is 0 Å². The van der Waals surface area contributed by atoms with Crippen molar-refractivity contribution >= 4 is 0 Å². The average Bonchev–Trinajstić information content (AvgIpc) is 2.76. The van der Waals surface area contributed by atoms with E-state index in [1.807, 2.05) is 0 Å². The van der Waals surface area contributed by atoms with Crippen LogP contribution in [0.2, 0.25) is 0 Å². The van der Waals surface area contributed by atoms with Gasteiger partial charge in [0.25, 0.3) is 0 Å². The smallest absolute Gasteiger partial charge is 0.00773 e. The van der Waals surface area contributed by atoms with Gasteiger partial charge in [0.2, 0.25) is 0 Å². The second-order valence-electron chi connectivity index (χ2n) is 9.62. The summed E-state index contributed by atoms with van der Waals surface area (Å²) in [6.07, 6.45) is 40.3. The van der Waals surface area contributed by atoms with Crippen molar-refractivity contribution in [2.75, 3.05) is 6.54 Å². The number of hydrogen-bond donors (Lipinski definition) is 1. The van der Waals surface area contributed by atoms with E-state index >= 15 is 0 Å². The molecule has 0 rings (SSSR count). The van der Waals surface area contributed by atoms with Crippen molar-refractivity contribution in [3.8, 4) is 0 Å². The minimum Gasteiger partial charge on any atom is -0.330 e. The standard InChI is InChI=1S/C29H59N/c1-2-3-4-5-6-7-8-9-10-11-12-13-14-15-16-17-18-19-20-21-22-23-24-25-26-27-28-29-30/h20-21H,2-19,22-30H2,1H3/b21-20+. The van der Waals surface area contributed by atoms with Gasteiger partial charge in [-0.25, -0.2) is 0 Å². The van der Waals surface area contributed by atoms with Crippen molar-refractivity contribution in [1.29, 1.82) is 0 Å². The number of rotatable bonds is 26. The average molecular weight is 422 g/mol. The minimum absolute atomic E-state index is 0.863. The molecule has 0 radical (unpaired) electrons. The van der Waals surface area contributed by atoms with Gasteiger partial charge in [0.1, 0.15) is 0 Å². The quantitative estimate of drug-likeness (QED) is 0.109. The Balaban J connectivity index is 3.04. The first-order chi connectivity index (χ1) is 14.9. The Bertz CT molecular complexity index is 309. The summed E-state index contributed by atoms with van der Waals surface area (Å²) >= 11 is 0. The molecular formula is C29H59N. The molecule has 0 unspecified atom stereocenters. The van der Waals surface area contributed by atoms with E-state index in [0.717, 1.165) is 6.54 Å². The van der Waals surface area contributed by atoms with E-state index in [2.05, 4.69) is 19.1 Å². The molecule has 0 aromatic heterocycles. The lowest BCUT2D eigenvalue weighted by Crippen LogP contribution is -1.97. The highest BCUT2D eigenvalue weighted by Crippen LogP contribution is 2.14. The van der Waals surface area contributed by atoms with Crippen LogP contribution in [0.4, 0.5) is 0 Å². The summed E-state index contributed by atoms with van der Waals surface area (Å²) < 4.78 is 0. The topological polar surface area (TPSA) is 26.0 Å². The maximum atomic E-state index is 5.52. The largest absolute Gasteiger partial charge is 0.330 e. The molecule has 0 saturated carbocycles. The van der Waals surface area contributed by atoms with E-state index in [0.29, 0.717) is 0 Å². The van der Waals surface area contributed by atoms with Crippen LogP contribution in [-0.4, -0.2) is 6.54 Å².